The molecule has 0 unspecified atom stereocenters. The molecule has 5 rings (SSSR count). The summed E-state index contributed by atoms with van der Waals surface area (Å²) in [5.74, 6) is 1.95. The van der Waals surface area contributed by atoms with Crippen LogP contribution in [0.25, 0.3) is 15.9 Å². The van der Waals surface area contributed by atoms with Gasteiger partial charge in [-0.15, -0.1) is 16.4 Å². The normalized spacial score (nSPS) is 20.4. The second-order valence-corrected chi connectivity index (χ2v) is 7.51. The fourth-order valence-corrected chi connectivity index (χ4v) is 4.36. The first-order chi connectivity index (χ1) is 11.2. The van der Waals surface area contributed by atoms with Crippen LogP contribution in [0.5, 0.6) is 0 Å². The lowest BCUT2D eigenvalue weighted by atomic mass is 10.1. The molecule has 1 saturated carbocycles. The second-order valence-electron chi connectivity index (χ2n) is 6.31. The number of hydrogen-bond acceptors (Lipinski definition) is 4. The summed E-state index contributed by atoms with van der Waals surface area (Å²) in [6, 6.07) is 10.7. The van der Waals surface area contributed by atoms with E-state index in [1.165, 1.54) is 16.0 Å². The highest BCUT2D eigenvalue weighted by molar-refractivity contribution is 7.18. The van der Waals surface area contributed by atoms with Crippen molar-refractivity contribution in [3.8, 4) is 0 Å². The third-order valence-corrected chi connectivity index (χ3v) is 5.99. The Morgan fingerprint density at radius 1 is 1.13 bits per heavy atom. The van der Waals surface area contributed by atoms with Gasteiger partial charge in [0.2, 0.25) is 0 Å². The summed E-state index contributed by atoms with van der Waals surface area (Å²) in [5, 5.41) is 5.86. The van der Waals surface area contributed by atoms with Gasteiger partial charge in [-0.2, -0.15) is 0 Å². The minimum Gasteiger partial charge on any atom is -0.225 e. The Labute approximate surface area is 137 Å². The standard InChI is InChI=1S/C18H16N4S/c1-10-11(2)23-18-15(10)17-20-16(21-22(17)9-19-18)14-8-13(14)12-6-4-3-5-7-12/h3-7,9,13-14H,8H2,1-2H3/t13-,14-/m1/s1. The Hall–Kier alpha value is -2.27. The zero-order valence-electron chi connectivity index (χ0n) is 13.0. The van der Waals surface area contributed by atoms with Gasteiger partial charge < -0.3 is 0 Å². The lowest BCUT2D eigenvalue weighted by Crippen LogP contribution is -1.91. The number of rotatable bonds is 2. The number of benzene rings is 1. The van der Waals surface area contributed by atoms with Crippen LogP contribution in [0.2, 0.25) is 0 Å². The van der Waals surface area contributed by atoms with Gasteiger partial charge in [0.1, 0.15) is 11.2 Å². The molecule has 5 heteroatoms. The summed E-state index contributed by atoms with van der Waals surface area (Å²) < 4.78 is 1.84. The number of aryl methyl sites for hydroxylation is 2. The van der Waals surface area contributed by atoms with E-state index in [1.807, 2.05) is 4.52 Å². The topological polar surface area (TPSA) is 43.1 Å². The van der Waals surface area contributed by atoms with E-state index < -0.39 is 0 Å². The fraction of sp³-hybridized carbons (Fsp3) is 0.278. The van der Waals surface area contributed by atoms with Gasteiger partial charge >= 0.3 is 0 Å². The first kappa shape index (κ1) is 13.2. The molecule has 4 nitrogen and oxygen atoms in total. The SMILES string of the molecule is Cc1sc2ncn3nc([C@@H]4C[C@@H]4c4ccccc4)nc3c2c1C. The average molecular weight is 320 g/mol. The van der Waals surface area contributed by atoms with E-state index in [-0.39, 0.29) is 0 Å². The van der Waals surface area contributed by atoms with Crippen molar-refractivity contribution in [2.24, 2.45) is 0 Å². The molecule has 3 heterocycles. The van der Waals surface area contributed by atoms with Crippen LogP contribution in [-0.4, -0.2) is 19.6 Å². The Morgan fingerprint density at radius 2 is 1.96 bits per heavy atom. The minimum atomic E-state index is 0.437. The Morgan fingerprint density at radius 3 is 2.78 bits per heavy atom. The second kappa shape index (κ2) is 4.61. The predicted molar refractivity (Wildman–Crippen MR) is 92.2 cm³/mol. The molecule has 114 valence electrons. The van der Waals surface area contributed by atoms with E-state index in [4.69, 9.17) is 10.1 Å². The monoisotopic (exact) mass is 320 g/mol. The molecule has 0 bridgehead atoms. The first-order valence-electron chi connectivity index (χ1n) is 7.88. The molecule has 23 heavy (non-hydrogen) atoms. The lowest BCUT2D eigenvalue weighted by molar-refractivity contribution is 0.850. The smallest absolute Gasteiger partial charge is 0.167 e. The van der Waals surface area contributed by atoms with Gasteiger partial charge in [0.25, 0.3) is 0 Å². The summed E-state index contributed by atoms with van der Waals surface area (Å²) >= 11 is 1.73. The number of nitrogens with zero attached hydrogens (tertiary/aromatic N) is 4. The Balaban J connectivity index is 1.60. The molecular formula is C18H16N4S. The quantitative estimate of drug-likeness (QED) is 0.555. The summed E-state index contributed by atoms with van der Waals surface area (Å²) in [6.45, 7) is 4.29. The molecule has 0 saturated heterocycles. The first-order valence-corrected chi connectivity index (χ1v) is 8.70. The van der Waals surface area contributed by atoms with Gasteiger partial charge in [-0.05, 0) is 37.3 Å². The van der Waals surface area contributed by atoms with Crippen LogP contribution in [0.3, 0.4) is 0 Å². The molecule has 0 aliphatic heterocycles. The van der Waals surface area contributed by atoms with Gasteiger partial charge in [-0.25, -0.2) is 14.5 Å². The third-order valence-electron chi connectivity index (χ3n) is 4.87. The molecule has 1 fully saturated rings. The maximum atomic E-state index is 4.87. The van der Waals surface area contributed by atoms with E-state index in [0.29, 0.717) is 11.8 Å². The van der Waals surface area contributed by atoms with Crippen molar-refractivity contribution in [3.63, 3.8) is 0 Å². The van der Waals surface area contributed by atoms with Crippen LogP contribution in [0.15, 0.2) is 36.7 Å². The fourth-order valence-electron chi connectivity index (χ4n) is 3.37. The Kier molecular flexibility index (Phi) is 2.65. The molecule has 2 atom stereocenters. The van der Waals surface area contributed by atoms with E-state index >= 15 is 0 Å². The van der Waals surface area contributed by atoms with E-state index in [9.17, 15) is 0 Å². The van der Waals surface area contributed by atoms with Crippen molar-refractivity contribution in [2.75, 3.05) is 0 Å². The van der Waals surface area contributed by atoms with Crippen LogP contribution in [0.1, 0.15) is 40.1 Å². The van der Waals surface area contributed by atoms with Gasteiger partial charge in [-0.3, -0.25) is 0 Å². The molecule has 0 radical (unpaired) electrons. The lowest BCUT2D eigenvalue weighted by Gasteiger charge is -1.96. The van der Waals surface area contributed by atoms with E-state index in [1.54, 1.807) is 17.7 Å². The zero-order valence-corrected chi connectivity index (χ0v) is 13.8. The summed E-state index contributed by atoms with van der Waals surface area (Å²) in [4.78, 5) is 11.8. The molecule has 0 N–H and O–H groups in total. The zero-order chi connectivity index (χ0) is 15.6. The predicted octanol–water partition coefficient (Wildman–Crippen LogP) is 4.23. The van der Waals surface area contributed by atoms with E-state index in [0.717, 1.165) is 28.1 Å². The Bertz CT molecular complexity index is 1030. The van der Waals surface area contributed by atoms with Gasteiger partial charge in [-0.1, -0.05) is 30.3 Å². The number of aromatic nitrogens is 4. The molecule has 1 aliphatic carbocycles. The highest BCUT2D eigenvalue weighted by Crippen LogP contribution is 2.53. The summed E-state index contributed by atoms with van der Waals surface area (Å²) in [6.07, 6.45) is 2.93. The van der Waals surface area contributed by atoms with Crippen LogP contribution in [-0.2, 0) is 0 Å². The minimum absolute atomic E-state index is 0.437. The van der Waals surface area contributed by atoms with E-state index in [2.05, 4.69) is 49.2 Å². The molecule has 4 aromatic rings. The van der Waals surface area contributed by atoms with Gasteiger partial charge in [0.05, 0.1) is 5.39 Å². The molecule has 1 aliphatic rings. The number of thiophene rings is 1. The van der Waals surface area contributed by atoms with Crippen molar-refractivity contribution in [1.82, 2.24) is 19.6 Å². The highest BCUT2D eigenvalue weighted by Gasteiger charge is 2.42. The molecular weight excluding hydrogens is 304 g/mol. The van der Waals surface area contributed by atoms with Gasteiger partial charge in [0, 0.05) is 10.8 Å². The van der Waals surface area contributed by atoms with Crippen molar-refractivity contribution in [1.29, 1.82) is 0 Å². The maximum Gasteiger partial charge on any atom is 0.167 e. The van der Waals surface area contributed by atoms with Crippen LogP contribution in [0, 0.1) is 13.8 Å². The van der Waals surface area contributed by atoms with Crippen molar-refractivity contribution < 1.29 is 0 Å². The third kappa shape index (κ3) is 1.93. The van der Waals surface area contributed by atoms with Crippen molar-refractivity contribution >= 4 is 27.2 Å². The van der Waals surface area contributed by atoms with Gasteiger partial charge in [0.15, 0.2) is 11.5 Å². The van der Waals surface area contributed by atoms with Crippen LogP contribution in [0.4, 0.5) is 0 Å². The van der Waals surface area contributed by atoms with Crippen LogP contribution >= 0.6 is 11.3 Å². The summed E-state index contributed by atoms with van der Waals surface area (Å²) in [7, 11) is 0. The average Bonchev–Trinajstić information content (AvgIpc) is 3.17. The molecule has 1 aromatic carbocycles. The molecule has 0 spiro atoms. The molecule has 0 amide bonds. The number of fused-ring (bicyclic) bond motifs is 3. The largest absolute Gasteiger partial charge is 0.225 e. The maximum absolute atomic E-state index is 4.87. The van der Waals surface area contributed by atoms with Crippen molar-refractivity contribution in [3.05, 3.63) is 58.5 Å². The number of hydrogen-bond donors (Lipinski definition) is 0. The molecule has 3 aromatic heterocycles. The van der Waals surface area contributed by atoms with Crippen molar-refractivity contribution in [2.45, 2.75) is 32.1 Å². The summed E-state index contributed by atoms with van der Waals surface area (Å²) in [5.41, 5.74) is 3.62. The van der Waals surface area contributed by atoms with Crippen LogP contribution < -0.4 is 0 Å². The highest BCUT2D eigenvalue weighted by atomic mass is 32.1.